The number of non-ortho nitro benzene ring substituents is 1. The van der Waals surface area contributed by atoms with E-state index in [0.717, 1.165) is 0 Å². The van der Waals surface area contributed by atoms with E-state index in [1.54, 1.807) is 36.4 Å². The number of hydrogen-bond donors (Lipinski definition) is 2. The second-order valence-corrected chi connectivity index (χ2v) is 5.34. The van der Waals surface area contributed by atoms with E-state index in [0.29, 0.717) is 28.1 Å². The van der Waals surface area contributed by atoms with E-state index < -0.39 is 10.5 Å². The van der Waals surface area contributed by atoms with Gasteiger partial charge in [-0.1, -0.05) is 24.3 Å². The van der Waals surface area contributed by atoms with Crippen LogP contribution in [0.1, 0.15) is 5.56 Å². The molecule has 0 bridgehead atoms. The predicted octanol–water partition coefficient (Wildman–Crippen LogP) is 3.07. The van der Waals surface area contributed by atoms with Crippen LogP contribution in [0.5, 0.6) is 0 Å². The molecule has 7 heteroatoms. The van der Waals surface area contributed by atoms with Crippen LogP contribution < -0.4 is 11.3 Å². The molecule has 2 aromatic carbocycles. The highest BCUT2D eigenvalue weighted by atomic mass is 16.6. The topological polar surface area (TPSA) is 126 Å². The molecule has 0 aliphatic carbocycles. The van der Waals surface area contributed by atoms with Crippen LogP contribution >= 0.6 is 0 Å². The third-order valence-corrected chi connectivity index (χ3v) is 3.73. The van der Waals surface area contributed by atoms with E-state index >= 15 is 0 Å². The Morgan fingerprint density at radius 3 is 2.44 bits per heavy atom. The van der Waals surface area contributed by atoms with Gasteiger partial charge in [-0.15, -0.1) is 0 Å². The lowest BCUT2D eigenvalue weighted by atomic mass is 9.98. The van der Waals surface area contributed by atoms with E-state index in [4.69, 9.17) is 5.73 Å². The van der Waals surface area contributed by atoms with Crippen molar-refractivity contribution in [2.75, 3.05) is 5.73 Å². The third kappa shape index (κ3) is 3.09. The van der Waals surface area contributed by atoms with Crippen LogP contribution in [0.3, 0.4) is 0 Å². The summed E-state index contributed by atoms with van der Waals surface area (Å²) in [6, 6.07) is 16.2. The van der Waals surface area contributed by atoms with Crippen molar-refractivity contribution < 1.29 is 4.92 Å². The first-order valence-corrected chi connectivity index (χ1v) is 7.28. The largest absolute Gasteiger partial charge is 0.399 e. The molecule has 7 nitrogen and oxygen atoms in total. The van der Waals surface area contributed by atoms with E-state index in [9.17, 15) is 20.2 Å². The van der Waals surface area contributed by atoms with Gasteiger partial charge in [0.15, 0.2) is 0 Å². The number of nitro benzene ring substituents is 1. The standard InChI is InChI=1S/C18H12N4O3/c19-10-16-15(12-2-1-3-14(8-12)22(24)25)9-17(21-18(16)23)11-4-6-13(20)7-5-11/h1-9H,20H2,(H,21,23). The van der Waals surface area contributed by atoms with Gasteiger partial charge in [0.25, 0.3) is 11.2 Å². The Labute approximate surface area is 142 Å². The molecule has 0 amide bonds. The van der Waals surface area contributed by atoms with Gasteiger partial charge in [0, 0.05) is 29.1 Å². The number of nitrogens with two attached hydrogens (primary N) is 1. The summed E-state index contributed by atoms with van der Waals surface area (Å²) in [4.78, 5) is 25.4. The number of benzene rings is 2. The van der Waals surface area contributed by atoms with Crippen LogP contribution in [0.25, 0.3) is 22.4 Å². The SMILES string of the molecule is N#Cc1c(-c2cccc([N+](=O)[O-])c2)cc(-c2ccc(N)cc2)[nH]c1=O. The summed E-state index contributed by atoms with van der Waals surface area (Å²) in [5.74, 6) is 0. The number of nitrogen functional groups attached to an aromatic ring is 1. The molecule has 0 radical (unpaired) electrons. The molecule has 0 aliphatic heterocycles. The molecule has 1 heterocycles. The zero-order valence-corrected chi connectivity index (χ0v) is 12.9. The second-order valence-electron chi connectivity index (χ2n) is 5.34. The first-order valence-electron chi connectivity index (χ1n) is 7.28. The Balaban J connectivity index is 2.23. The number of rotatable bonds is 3. The fourth-order valence-corrected chi connectivity index (χ4v) is 2.50. The lowest BCUT2D eigenvalue weighted by Crippen LogP contribution is -2.12. The summed E-state index contributed by atoms with van der Waals surface area (Å²) < 4.78 is 0. The highest BCUT2D eigenvalue weighted by Gasteiger charge is 2.15. The molecule has 122 valence electrons. The highest BCUT2D eigenvalue weighted by molar-refractivity contribution is 5.76. The zero-order valence-electron chi connectivity index (χ0n) is 12.9. The average Bonchev–Trinajstić information content (AvgIpc) is 2.61. The monoisotopic (exact) mass is 332 g/mol. The lowest BCUT2D eigenvalue weighted by Gasteiger charge is -2.08. The van der Waals surface area contributed by atoms with Gasteiger partial charge in [-0.05, 0) is 29.3 Å². The van der Waals surface area contributed by atoms with Gasteiger partial charge in [-0.25, -0.2) is 0 Å². The van der Waals surface area contributed by atoms with Crippen molar-refractivity contribution in [1.29, 1.82) is 5.26 Å². The third-order valence-electron chi connectivity index (χ3n) is 3.73. The van der Waals surface area contributed by atoms with Crippen molar-refractivity contribution in [3.63, 3.8) is 0 Å². The fourth-order valence-electron chi connectivity index (χ4n) is 2.50. The first kappa shape index (κ1) is 16.0. The molecule has 3 rings (SSSR count). The van der Waals surface area contributed by atoms with Crippen molar-refractivity contribution in [2.45, 2.75) is 0 Å². The van der Waals surface area contributed by atoms with Gasteiger partial charge in [0.2, 0.25) is 0 Å². The van der Waals surface area contributed by atoms with Crippen LogP contribution in [0.15, 0.2) is 59.4 Å². The maximum absolute atomic E-state index is 12.3. The molecule has 0 aliphatic rings. The molecule has 0 saturated heterocycles. The van der Waals surface area contributed by atoms with Crippen molar-refractivity contribution in [2.24, 2.45) is 0 Å². The Kier molecular flexibility index (Phi) is 4.02. The van der Waals surface area contributed by atoms with Crippen molar-refractivity contribution in [3.05, 3.63) is 80.6 Å². The Hall–Kier alpha value is -3.92. The molecule has 1 aromatic heterocycles. The molecule has 3 aromatic rings. The number of hydrogen-bond acceptors (Lipinski definition) is 5. The number of anilines is 1. The molecule has 0 fully saturated rings. The summed E-state index contributed by atoms with van der Waals surface area (Å²) in [6.07, 6.45) is 0. The number of nitriles is 1. The number of H-pyrrole nitrogens is 1. The molecular weight excluding hydrogens is 320 g/mol. The smallest absolute Gasteiger partial charge is 0.270 e. The molecule has 3 N–H and O–H groups in total. The molecule has 0 saturated carbocycles. The van der Waals surface area contributed by atoms with E-state index in [1.165, 1.54) is 18.2 Å². The van der Waals surface area contributed by atoms with E-state index in [2.05, 4.69) is 4.98 Å². The van der Waals surface area contributed by atoms with Crippen LogP contribution in [0.4, 0.5) is 11.4 Å². The Bertz CT molecular complexity index is 1060. The van der Waals surface area contributed by atoms with Gasteiger partial charge in [-0.2, -0.15) is 5.26 Å². The quantitative estimate of drug-likeness (QED) is 0.433. The van der Waals surface area contributed by atoms with Crippen LogP contribution in [0, 0.1) is 21.4 Å². The maximum atomic E-state index is 12.3. The normalized spacial score (nSPS) is 10.2. The number of nitrogens with one attached hydrogen (secondary N) is 1. The fraction of sp³-hybridized carbons (Fsp3) is 0. The second kappa shape index (κ2) is 6.29. The van der Waals surface area contributed by atoms with Gasteiger partial charge < -0.3 is 10.7 Å². The van der Waals surface area contributed by atoms with E-state index in [-0.39, 0.29) is 11.3 Å². The number of aromatic nitrogens is 1. The van der Waals surface area contributed by atoms with Gasteiger partial charge in [0.05, 0.1) is 4.92 Å². The summed E-state index contributed by atoms with van der Waals surface area (Å²) in [5, 5.41) is 20.3. The van der Waals surface area contributed by atoms with Crippen molar-refractivity contribution in [1.82, 2.24) is 4.98 Å². The number of nitro groups is 1. The van der Waals surface area contributed by atoms with Crippen molar-refractivity contribution in [3.8, 4) is 28.5 Å². The lowest BCUT2D eigenvalue weighted by molar-refractivity contribution is -0.384. The highest BCUT2D eigenvalue weighted by Crippen LogP contribution is 2.28. The molecule has 0 unspecified atom stereocenters. The maximum Gasteiger partial charge on any atom is 0.270 e. The Morgan fingerprint density at radius 2 is 1.80 bits per heavy atom. The Morgan fingerprint density at radius 1 is 1.08 bits per heavy atom. The van der Waals surface area contributed by atoms with Gasteiger partial charge in [-0.3, -0.25) is 14.9 Å². The van der Waals surface area contributed by atoms with Gasteiger partial charge >= 0.3 is 0 Å². The molecule has 0 atom stereocenters. The summed E-state index contributed by atoms with van der Waals surface area (Å²) in [7, 11) is 0. The molecule has 25 heavy (non-hydrogen) atoms. The minimum Gasteiger partial charge on any atom is -0.399 e. The minimum atomic E-state index is -0.557. The predicted molar refractivity (Wildman–Crippen MR) is 93.7 cm³/mol. The number of pyridine rings is 1. The zero-order chi connectivity index (χ0) is 18.0. The molecular formula is C18H12N4O3. The minimum absolute atomic E-state index is 0.0975. The average molecular weight is 332 g/mol. The van der Waals surface area contributed by atoms with Gasteiger partial charge in [0.1, 0.15) is 11.6 Å². The van der Waals surface area contributed by atoms with Crippen LogP contribution in [-0.4, -0.2) is 9.91 Å². The summed E-state index contributed by atoms with van der Waals surface area (Å²) in [5.41, 5.74) is 7.44. The first-order chi connectivity index (χ1) is 12.0. The number of nitrogens with zero attached hydrogens (tertiary/aromatic N) is 2. The van der Waals surface area contributed by atoms with Crippen LogP contribution in [-0.2, 0) is 0 Å². The number of aromatic amines is 1. The van der Waals surface area contributed by atoms with E-state index in [1.807, 2.05) is 6.07 Å². The van der Waals surface area contributed by atoms with Crippen LogP contribution in [0.2, 0.25) is 0 Å². The molecule has 0 spiro atoms. The van der Waals surface area contributed by atoms with Crippen molar-refractivity contribution >= 4 is 11.4 Å². The summed E-state index contributed by atoms with van der Waals surface area (Å²) >= 11 is 0. The summed E-state index contributed by atoms with van der Waals surface area (Å²) in [6.45, 7) is 0.